The number of ether oxygens (including phenoxy) is 1. The number of anilines is 1. The highest BCUT2D eigenvalue weighted by atomic mass is 32.1. The number of likely N-dealkylation sites (N-methyl/N-ethyl adjacent to an activating group) is 1. The summed E-state index contributed by atoms with van der Waals surface area (Å²) in [6, 6.07) is 15.9. The van der Waals surface area contributed by atoms with Gasteiger partial charge in [-0.05, 0) is 48.7 Å². The normalized spacial score (nSPS) is 11.7. The van der Waals surface area contributed by atoms with Crippen molar-refractivity contribution < 1.29 is 9.84 Å². The van der Waals surface area contributed by atoms with Crippen LogP contribution in [0.3, 0.4) is 0 Å². The number of methoxy groups -OCH3 is 1. The van der Waals surface area contributed by atoms with E-state index in [4.69, 9.17) is 10.5 Å². The molecular formula is C24H30N4O2S. The van der Waals surface area contributed by atoms with Gasteiger partial charge in [-0.2, -0.15) is 0 Å². The van der Waals surface area contributed by atoms with Crippen LogP contribution in [-0.4, -0.2) is 50.6 Å². The van der Waals surface area contributed by atoms with Gasteiger partial charge in [0.25, 0.3) is 0 Å². The molecule has 0 saturated carbocycles. The summed E-state index contributed by atoms with van der Waals surface area (Å²) >= 11 is 1.58. The number of rotatable bonds is 9. The van der Waals surface area contributed by atoms with Crippen molar-refractivity contribution in [3.63, 3.8) is 0 Å². The lowest BCUT2D eigenvalue weighted by atomic mass is 10.1. The molecule has 164 valence electrons. The summed E-state index contributed by atoms with van der Waals surface area (Å²) in [6.45, 7) is 1.48. The van der Waals surface area contributed by atoms with Crippen LogP contribution in [0.25, 0.3) is 0 Å². The molecule has 2 aromatic carbocycles. The molecule has 1 aromatic heterocycles. The summed E-state index contributed by atoms with van der Waals surface area (Å²) in [5.41, 5.74) is 9.98. The Morgan fingerprint density at radius 3 is 2.48 bits per heavy atom. The van der Waals surface area contributed by atoms with Crippen LogP contribution in [0.15, 0.2) is 58.9 Å². The minimum absolute atomic E-state index is 0.200. The van der Waals surface area contributed by atoms with Crippen LogP contribution in [0.2, 0.25) is 0 Å². The van der Waals surface area contributed by atoms with Crippen LogP contribution in [0.1, 0.15) is 16.0 Å². The Kier molecular flexibility index (Phi) is 7.55. The van der Waals surface area contributed by atoms with Gasteiger partial charge in [0.1, 0.15) is 5.84 Å². The zero-order valence-corrected chi connectivity index (χ0v) is 19.3. The van der Waals surface area contributed by atoms with Gasteiger partial charge in [-0.3, -0.25) is 0 Å². The van der Waals surface area contributed by atoms with Crippen molar-refractivity contribution in [3.05, 3.63) is 69.9 Å². The predicted octanol–water partition coefficient (Wildman–Crippen LogP) is 4.24. The number of aromatic hydroxyl groups is 1. The molecule has 0 saturated heterocycles. The second-order valence-corrected chi connectivity index (χ2v) is 8.63. The zero-order valence-electron chi connectivity index (χ0n) is 18.5. The van der Waals surface area contributed by atoms with Gasteiger partial charge in [0.05, 0.1) is 17.7 Å². The molecule has 6 nitrogen and oxygen atoms in total. The van der Waals surface area contributed by atoms with E-state index in [2.05, 4.69) is 29.1 Å². The number of hydrogen-bond acceptors (Lipinski definition) is 6. The van der Waals surface area contributed by atoms with Gasteiger partial charge in [0.15, 0.2) is 11.5 Å². The summed E-state index contributed by atoms with van der Waals surface area (Å²) in [5.74, 6) is 1.23. The topological polar surface area (TPSA) is 74.3 Å². The molecule has 0 atom stereocenters. The number of aliphatic imine (C=N–C) groups is 1. The number of benzene rings is 2. The molecule has 0 spiro atoms. The van der Waals surface area contributed by atoms with Gasteiger partial charge in [-0.1, -0.05) is 18.2 Å². The highest BCUT2D eigenvalue weighted by molar-refractivity contribution is 7.12. The standard InChI is InChI=1S/C24H30N4O2S/c1-27(2)20-14-18(23(29)21(15-20)30-4)16-28(3)12-11-17-7-9-19(10-8-17)26-24(25)22-6-5-13-31-22/h5-10,13-15,29H,11-12,16H2,1-4H3,(H2,25,26). The van der Waals surface area contributed by atoms with E-state index >= 15 is 0 Å². The van der Waals surface area contributed by atoms with E-state index in [1.807, 2.05) is 60.8 Å². The van der Waals surface area contributed by atoms with Crippen LogP contribution < -0.4 is 15.4 Å². The average Bonchev–Trinajstić information content (AvgIpc) is 3.29. The van der Waals surface area contributed by atoms with E-state index in [-0.39, 0.29) is 5.75 Å². The second kappa shape index (κ2) is 10.3. The maximum atomic E-state index is 10.5. The smallest absolute Gasteiger partial charge is 0.162 e. The average molecular weight is 439 g/mol. The third-order valence-corrected chi connectivity index (χ3v) is 5.95. The summed E-state index contributed by atoms with van der Waals surface area (Å²) < 4.78 is 5.34. The molecule has 3 aromatic rings. The molecule has 0 fully saturated rings. The molecule has 0 aliphatic carbocycles. The number of nitrogens with zero attached hydrogens (tertiary/aromatic N) is 3. The summed E-state index contributed by atoms with van der Waals surface area (Å²) in [6.07, 6.45) is 0.895. The molecule has 0 amide bonds. The van der Waals surface area contributed by atoms with Crippen molar-refractivity contribution in [2.24, 2.45) is 10.7 Å². The third-order valence-electron chi connectivity index (χ3n) is 5.06. The largest absolute Gasteiger partial charge is 0.504 e. The van der Waals surface area contributed by atoms with E-state index < -0.39 is 0 Å². The van der Waals surface area contributed by atoms with Crippen LogP contribution >= 0.6 is 11.3 Å². The van der Waals surface area contributed by atoms with Gasteiger partial charge >= 0.3 is 0 Å². The number of nitrogens with two attached hydrogens (primary N) is 1. The fourth-order valence-corrected chi connectivity index (χ4v) is 3.86. The lowest BCUT2D eigenvalue weighted by molar-refractivity contribution is 0.318. The first kappa shape index (κ1) is 22.7. The lowest BCUT2D eigenvalue weighted by Crippen LogP contribution is -2.21. The van der Waals surface area contributed by atoms with Crippen molar-refractivity contribution in [1.82, 2.24) is 4.90 Å². The highest BCUT2D eigenvalue weighted by Crippen LogP contribution is 2.35. The number of amidine groups is 1. The quantitative estimate of drug-likeness (QED) is 0.386. The maximum Gasteiger partial charge on any atom is 0.162 e. The first-order valence-electron chi connectivity index (χ1n) is 10.1. The van der Waals surface area contributed by atoms with E-state index in [9.17, 15) is 5.11 Å². The van der Waals surface area contributed by atoms with Gasteiger partial charge in [0, 0.05) is 44.5 Å². The van der Waals surface area contributed by atoms with Crippen molar-refractivity contribution >= 4 is 28.5 Å². The van der Waals surface area contributed by atoms with Gasteiger partial charge in [-0.25, -0.2) is 4.99 Å². The fraction of sp³-hybridized carbons (Fsp3) is 0.292. The minimum Gasteiger partial charge on any atom is -0.504 e. The third kappa shape index (κ3) is 5.99. The Bertz CT molecular complexity index is 1010. The van der Waals surface area contributed by atoms with Gasteiger partial charge in [0.2, 0.25) is 0 Å². The second-order valence-electron chi connectivity index (χ2n) is 7.68. The molecule has 31 heavy (non-hydrogen) atoms. The molecule has 1 heterocycles. The van der Waals surface area contributed by atoms with Crippen LogP contribution in [-0.2, 0) is 13.0 Å². The Morgan fingerprint density at radius 2 is 1.87 bits per heavy atom. The van der Waals surface area contributed by atoms with Gasteiger partial charge in [-0.15, -0.1) is 11.3 Å². The van der Waals surface area contributed by atoms with Crippen LogP contribution in [0.5, 0.6) is 11.5 Å². The molecule has 3 rings (SSSR count). The Hall–Kier alpha value is -3.03. The SMILES string of the molecule is COc1cc(N(C)C)cc(CN(C)CCc2ccc(N=C(N)c3cccs3)cc2)c1O. The Morgan fingerprint density at radius 1 is 1.13 bits per heavy atom. The lowest BCUT2D eigenvalue weighted by Gasteiger charge is -2.21. The van der Waals surface area contributed by atoms with E-state index in [0.717, 1.165) is 34.8 Å². The summed E-state index contributed by atoms with van der Waals surface area (Å²) in [5, 5.41) is 12.5. The molecule has 0 radical (unpaired) electrons. The zero-order chi connectivity index (χ0) is 22.4. The molecule has 0 aliphatic heterocycles. The molecule has 0 aliphatic rings. The number of thiophene rings is 1. The molecule has 0 unspecified atom stereocenters. The van der Waals surface area contributed by atoms with E-state index in [1.165, 1.54) is 5.56 Å². The summed E-state index contributed by atoms with van der Waals surface area (Å²) in [7, 11) is 7.57. The fourth-order valence-electron chi connectivity index (χ4n) is 3.23. The maximum absolute atomic E-state index is 10.5. The highest BCUT2D eigenvalue weighted by Gasteiger charge is 2.13. The molecule has 3 N–H and O–H groups in total. The number of phenolic OH excluding ortho intramolecular Hbond substituents is 1. The van der Waals surface area contributed by atoms with Crippen LogP contribution in [0.4, 0.5) is 11.4 Å². The van der Waals surface area contributed by atoms with Gasteiger partial charge < -0.3 is 25.4 Å². The first-order valence-corrected chi connectivity index (χ1v) is 11.0. The van der Waals surface area contributed by atoms with Crippen molar-refractivity contribution in [3.8, 4) is 11.5 Å². The van der Waals surface area contributed by atoms with Crippen LogP contribution in [0, 0.1) is 0 Å². The van der Waals surface area contributed by atoms with Crippen molar-refractivity contribution in [2.45, 2.75) is 13.0 Å². The first-order chi connectivity index (χ1) is 14.9. The summed E-state index contributed by atoms with van der Waals surface area (Å²) in [4.78, 5) is 9.66. The number of phenols is 1. The molecule has 0 bridgehead atoms. The predicted molar refractivity (Wildman–Crippen MR) is 130 cm³/mol. The molecular weight excluding hydrogens is 408 g/mol. The van der Waals surface area contributed by atoms with Crippen molar-refractivity contribution in [1.29, 1.82) is 0 Å². The number of hydrogen-bond donors (Lipinski definition) is 2. The Labute approximate surface area is 188 Å². The molecule has 7 heteroatoms. The minimum atomic E-state index is 0.200. The monoisotopic (exact) mass is 438 g/mol. The van der Waals surface area contributed by atoms with E-state index in [1.54, 1.807) is 18.4 Å². The Balaban J connectivity index is 1.60. The van der Waals surface area contributed by atoms with E-state index in [0.29, 0.717) is 18.1 Å². The van der Waals surface area contributed by atoms with Crippen molar-refractivity contribution in [2.75, 3.05) is 39.7 Å².